The Morgan fingerprint density at radius 3 is 1.86 bits per heavy atom. The van der Waals surface area contributed by atoms with Crippen LogP contribution in [0.25, 0.3) is 0 Å². The van der Waals surface area contributed by atoms with Crippen molar-refractivity contribution in [3.05, 3.63) is 58.9 Å². The van der Waals surface area contributed by atoms with E-state index in [2.05, 4.69) is 0 Å². The third-order valence-electron chi connectivity index (χ3n) is 2.63. The monoisotopic (exact) mass is 303 g/mol. The molecule has 110 valence electrons. The second-order valence-corrected chi connectivity index (χ2v) is 3.92. The topological polar surface area (TPSA) is 49.3 Å². The van der Waals surface area contributed by atoms with Gasteiger partial charge < -0.3 is 10.4 Å². The fourth-order valence-corrected chi connectivity index (χ4v) is 1.63. The summed E-state index contributed by atoms with van der Waals surface area (Å²) in [6, 6.07) is 4.91. The molecule has 0 bridgehead atoms. The van der Waals surface area contributed by atoms with Crippen molar-refractivity contribution in [1.29, 1.82) is 0 Å². The quantitative estimate of drug-likeness (QED) is 0.515. The lowest BCUT2D eigenvalue weighted by atomic mass is 10.1. The first-order valence-electron chi connectivity index (χ1n) is 5.45. The van der Waals surface area contributed by atoms with Crippen LogP contribution in [0.15, 0.2) is 24.3 Å². The van der Waals surface area contributed by atoms with Crippen molar-refractivity contribution in [2.45, 2.75) is 0 Å². The predicted molar refractivity (Wildman–Crippen MR) is 62.9 cm³/mol. The van der Waals surface area contributed by atoms with E-state index in [-0.39, 0.29) is 11.3 Å². The van der Waals surface area contributed by atoms with Crippen molar-refractivity contribution < 1.29 is 31.9 Å². The van der Waals surface area contributed by atoms with Crippen molar-refractivity contribution in [1.82, 2.24) is 0 Å². The lowest BCUT2D eigenvalue weighted by Crippen LogP contribution is -2.09. The van der Waals surface area contributed by atoms with Crippen LogP contribution in [-0.2, 0) is 0 Å². The molecule has 0 aromatic heterocycles. The number of halogens is 5. The van der Waals surface area contributed by atoms with Gasteiger partial charge in [-0.25, -0.2) is 26.7 Å². The molecule has 0 spiro atoms. The average Bonchev–Trinajstić information content (AvgIpc) is 2.48. The van der Waals surface area contributed by atoms with Crippen molar-refractivity contribution in [2.24, 2.45) is 0 Å². The van der Waals surface area contributed by atoms with Crippen LogP contribution in [0.5, 0.6) is 0 Å². The van der Waals surface area contributed by atoms with Crippen LogP contribution in [0.3, 0.4) is 0 Å². The molecule has 0 amide bonds. The number of nitrogens with one attached hydrogen (secondary N) is 1. The van der Waals surface area contributed by atoms with Gasteiger partial charge in [0.05, 0.1) is 11.3 Å². The lowest BCUT2D eigenvalue weighted by Gasteiger charge is -2.12. The zero-order valence-corrected chi connectivity index (χ0v) is 10.1. The summed E-state index contributed by atoms with van der Waals surface area (Å²) in [5, 5.41) is 10.8. The summed E-state index contributed by atoms with van der Waals surface area (Å²) in [4.78, 5) is 10.9. The molecule has 0 aliphatic carbocycles. The van der Waals surface area contributed by atoms with Gasteiger partial charge in [-0.2, -0.15) is 0 Å². The number of carboxylic acid groups (broad SMARTS) is 1. The van der Waals surface area contributed by atoms with Crippen molar-refractivity contribution >= 4 is 17.3 Å². The number of carbonyl (C=O) groups is 1. The Balaban J connectivity index is 2.58. The smallest absolute Gasteiger partial charge is 0.337 e. The minimum atomic E-state index is -2.29. The maximum absolute atomic E-state index is 13.5. The van der Waals surface area contributed by atoms with Crippen LogP contribution in [-0.4, -0.2) is 11.1 Å². The summed E-state index contributed by atoms with van der Waals surface area (Å²) < 4.78 is 66.0. The molecule has 0 saturated carbocycles. The highest BCUT2D eigenvalue weighted by atomic mass is 19.2. The number of carboxylic acids is 1. The fourth-order valence-electron chi connectivity index (χ4n) is 1.63. The normalized spacial score (nSPS) is 10.5. The van der Waals surface area contributed by atoms with E-state index in [1.807, 2.05) is 5.32 Å². The van der Waals surface area contributed by atoms with E-state index in [4.69, 9.17) is 5.11 Å². The van der Waals surface area contributed by atoms with Crippen LogP contribution < -0.4 is 5.32 Å². The van der Waals surface area contributed by atoms with Gasteiger partial charge in [0.1, 0.15) is 5.69 Å². The summed E-state index contributed by atoms with van der Waals surface area (Å²) in [5.41, 5.74) is -2.02. The molecular weight excluding hydrogens is 297 g/mol. The highest BCUT2D eigenvalue weighted by Crippen LogP contribution is 2.30. The molecule has 0 fully saturated rings. The van der Waals surface area contributed by atoms with Gasteiger partial charge in [-0.1, -0.05) is 12.1 Å². The maximum atomic E-state index is 13.5. The Bertz CT molecular complexity index is 704. The molecule has 21 heavy (non-hydrogen) atoms. The number of anilines is 2. The highest BCUT2D eigenvalue weighted by Gasteiger charge is 2.26. The zero-order chi connectivity index (χ0) is 15.7. The zero-order valence-electron chi connectivity index (χ0n) is 10.1. The number of rotatable bonds is 3. The third-order valence-corrected chi connectivity index (χ3v) is 2.63. The standard InChI is InChI=1S/C13H6F5NO2/c14-7-8(15)10(17)12(11(18)9(7)16)19-6-4-2-1-3-5(6)13(20)21/h1-4,19H,(H,20,21). The van der Waals surface area contributed by atoms with Crippen molar-refractivity contribution in [3.63, 3.8) is 0 Å². The second kappa shape index (κ2) is 5.39. The van der Waals surface area contributed by atoms with E-state index in [0.717, 1.165) is 12.1 Å². The number of benzene rings is 2. The molecule has 0 atom stereocenters. The molecule has 2 aromatic carbocycles. The van der Waals surface area contributed by atoms with Gasteiger partial charge in [-0.05, 0) is 12.1 Å². The molecule has 0 aliphatic heterocycles. The molecule has 2 rings (SSSR count). The molecule has 0 heterocycles. The molecule has 0 aliphatic rings. The fraction of sp³-hybridized carbons (Fsp3) is 0. The van der Waals surface area contributed by atoms with Gasteiger partial charge >= 0.3 is 5.97 Å². The molecular formula is C13H6F5NO2. The van der Waals surface area contributed by atoms with E-state index in [0.29, 0.717) is 0 Å². The van der Waals surface area contributed by atoms with Crippen LogP contribution in [0.2, 0.25) is 0 Å². The summed E-state index contributed by atoms with van der Waals surface area (Å²) in [6.45, 7) is 0. The summed E-state index contributed by atoms with van der Waals surface area (Å²) >= 11 is 0. The van der Waals surface area contributed by atoms with E-state index in [1.165, 1.54) is 12.1 Å². The van der Waals surface area contributed by atoms with Gasteiger partial charge in [0, 0.05) is 0 Å². The van der Waals surface area contributed by atoms with Crippen molar-refractivity contribution in [2.75, 3.05) is 5.32 Å². The van der Waals surface area contributed by atoms with Crippen LogP contribution in [0.4, 0.5) is 33.3 Å². The molecule has 0 radical (unpaired) electrons. The SMILES string of the molecule is O=C(O)c1ccccc1Nc1c(F)c(F)c(F)c(F)c1F. The third kappa shape index (κ3) is 2.51. The van der Waals surface area contributed by atoms with Crippen LogP contribution in [0.1, 0.15) is 10.4 Å². The average molecular weight is 303 g/mol. The van der Waals surface area contributed by atoms with Crippen LogP contribution in [0, 0.1) is 29.1 Å². The van der Waals surface area contributed by atoms with Gasteiger partial charge in [0.2, 0.25) is 5.82 Å². The van der Waals surface area contributed by atoms with E-state index in [1.54, 1.807) is 0 Å². The number of aromatic carboxylic acids is 1. The Kier molecular flexibility index (Phi) is 3.79. The largest absolute Gasteiger partial charge is 0.478 e. The lowest BCUT2D eigenvalue weighted by molar-refractivity contribution is 0.0698. The Labute approximate surface area is 114 Å². The molecule has 0 saturated heterocycles. The van der Waals surface area contributed by atoms with Gasteiger partial charge in [0.25, 0.3) is 0 Å². The van der Waals surface area contributed by atoms with Gasteiger partial charge in [-0.3, -0.25) is 0 Å². The molecule has 0 unspecified atom stereocenters. The number of para-hydroxylation sites is 1. The first-order chi connectivity index (χ1) is 9.84. The first-order valence-corrected chi connectivity index (χ1v) is 5.45. The molecule has 3 nitrogen and oxygen atoms in total. The van der Waals surface area contributed by atoms with Crippen molar-refractivity contribution in [3.8, 4) is 0 Å². The minimum Gasteiger partial charge on any atom is -0.478 e. The maximum Gasteiger partial charge on any atom is 0.337 e. The first kappa shape index (κ1) is 14.8. The highest BCUT2D eigenvalue weighted by molar-refractivity contribution is 5.95. The predicted octanol–water partition coefficient (Wildman–Crippen LogP) is 3.82. The summed E-state index contributed by atoms with van der Waals surface area (Å²) in [6.07, 6.45) is 0. The van der Waals surface area contributed by atoms with E-state index >= 15 is 0 Å². The Morgan fingerprint density at radius 2 is 1.33 bits per heavy atom. The Morgan fingerprint density at radius 1 is 0.857 bits per heavy atom. The number of hydrogen-bond donors (Lipinski definition) is 2. The van der Waals surface area contributed by atoms with E-state index < -0.39 is 40.7 Å². The molecule has 8 heteroatoms. The van der Waals surface area contributed by atoms with E-state index in [9.17, 15) is 26.7 Å². The Hall–Kier alpha value is -2.64. The molecule has 2 aromatic rings. The minimum absolute atomic E-state index is 0.312. The summed E-state index contributed by atoms with van der Waals surface area (Å²) in [5.74, 6) is -12.1. The van der Waals surface area contributed by atoms with Gasteiger partial charge in [-0.15, -0.1) is 0 Å². The second-order valence-electron chi connectivity index (χ2n) is 3.92. The van der Waals surface area contributed by atoms with Crippen LogP contribution >= 0.6 is 0 Å². The molecule has 2 N–H and O–H groups in total. The number of hydrogen-bond acceptors (Lipinski definition) is 2. The van der Waals surface area contributed by atoms with Gasteiger partial charge in [0.15, 0.2) is 23.3 Å². The summed E-state index contributed by atoms with van der Waals surface area (Å²) in [7, 11) is 0.